The van der Waals surface area contributed by atoms with E-state index in [-0.39, 0.29) is 11.9 Å². The summed E-state index contributed by atoms with van der Waals surface area (Å²) in [5.74, 6) is 2.36. The number of likely N-dealkylation sites (tertiary alicyclic amines) is 1. The molecule has 3 nitrogen and oxygen atoms in total. The number of amides is 1. The van der Waals surface area contributed by atoms with E-state index in [1.54, 1.807) is 4.90 Å². The first-order chi connectivity index (χ1) is 8.70. The molecule has 18 heavy (non-hydrogen) atoms. The molecule has 1 aliphatic rings. The Morgan fingerprint density at radius 2 is 2.33 bits per heavy atom. The standard InChI is InChI=1S/C14H20N2OS/c1-3-18-10-11-5-4-6-12(9-11)15-13-7-8-16(2)14(13)17/h4-6,9,13,15H,3,7-8,10H2,1-2H3/t13-/m0/s1. The van der Waals surface area contributed by atoms with E-state index in [9.17, 15) is 4.79 Å². The van der Waals surface area contributed by atoms with Crippen molar-refractivity contribution in [2.45, 2.75) is 25.1 Å². The van der Waals surface area contributed by atoms with Gasteiger partial charge in [-0.25, -0.2) is 0 Å². The van der Waals surface area contributed by atoms with E-state index in [1.807, 2.05) is 24.9 Å². The maximum atomic E-state index is 11.8. The highest BCUT2D eigenvalue weighted by atomic mass is 32.2. The molecule has 1 N–H and O–H groups in total. The first-order valence-electron chi connectivity index (χ1n) is 6.39. The van der Waals surface area contributed by atoms with Crippen molar-refractivity contribution in [1.29, 1.82) is 0 Å². The van der Waals surface area contributed by atoms with Crippen LogP contribution in [-0.2, 0) is 10.5 Å². The molecule has 0 spiro atoms. The van der Waals surface area contributed by atoms with Crippen molar-refractivity contribution in [3.05, 3.63) is 29.8 Å². The number of carbonyl (C=O) groups is 1. The minimum Gasteiger partial charge on any atom is -0.374 e. The number of nitrogens with one attached hydrogen (secondary N) is 1. The minimum atomic E-state index is -0.0518. The smallest absolute Gasteiger partial charge is 0.244 e. The second kappa shape index (κ2) is 6.14. The molecule has 0 saturated carbocycles. The van der Waals surface area contributed by atoms with Crippen LogP contribution in [0.15, 0.2) is 24.3 Å². The number of hydrogen-bond acceptors (Lipinski definition) is 3. The Hall–Kier alpha value is -1.16. The largest absolute Gasteiger partial charge is 0.374 e. The van der Waals surface area contributed by atoms with Gasteiger partial charge in [0, 0.05) is 25.0 Å². The first kappa shape index (κ1) is 13.3. The lowest BCUT2D eigenvalue weighted by atomic mass is 10.2. The molecule has 1 amide bonds. The molecule has 98 valence electrons. The van der Waals surface area contributed by atoms with Crippen LogP contribution in [0.4, 0.5) is 5.69 Å². The van der Waals surface area contributed by atoms with Crippen LogP contribution >= 0.6 is 11.8 Å². The number of benzene rings is 1. The Labute approximate surface area is 113 Å². The number of thioether (sulfide) groups is 1. The van der Waals surface area contributed by atoms with E-state index in [1.165, 1.54) is 5.56 Å². The van der Waals surface area contributed by atoms with Crippen molar-refractivity contribution in [2.24, 2.45) is 0 Å². The molecule has 0 unspecified atom stereocenters. The lowest BCUT2D eigenvalue weighted by Crippen LogP contribution is -2.30. The van der Waals surface area contributed by atoms with Crippen LogP contribution in [0, 0.1) is 0 Å². The predicted octanol–water partition coefficient (Wildman–Crippen LogP) is 2.58. The summed E-state index contributed by atoms with van der Waals surface area (Å²) in [4.78, 5) is 13.6. The van der Waals surface area contributed by atoms with Gasteiger partial charge in [-0.05, 0) is 29.9 Å². The van der Waals surface area contributed by atoms with E-state index < -0.39 is 0 Å². The molecule has 1 fully saturated rings. The molecule has 1 atom stereocenters. The van der Waals surface area contributed by atoms with Crippen LogP contribution in [0.25, 0.3) is 0 Å². The molecule has 2 rings (SSSR count). The average molecular weight is 264 g/mol. The highest BCUT2D eigenvalue weighted by Gasteiger charge is 2.28. The Morgan fingerprint density at radius 1 is 1.50 bits per heavy atom. The fourth-order valence-electron chi connectivity index (χ4n) is 2.13. The quantitative estimate of drug-likeness (QED) is 0.887. The van der Waals surface area contributed by atoms with Crippen LogP contribution in [-0.4, -0.2) is 36.2 Å². The average Bonchev–Trinajstić information content (AvgIpc) is 2.69. The first-order valence-corrected chi connectivity index (χ1v) is 7.54. The fourth-order valence-corrected chi connectivity index (χ4v) is 2.75. The normalized spacial score (nSPS) is 19.3. The molecule has 0 radical (unpaired) electrons. The van der Waals surface area contributed by atoms with Crippen LogP contribution in [0.5, 0.6) is 0 Å². The van der Waals surface area contributed by atoms with Gasteiger partial charge >= 0.3 is 0 Å². The Kier molecular flexibility index (Phi) is 4.53. The number of carbonyl (C=O) groups excluding carboxylic acids is 1. The van der Waals surface area contributed by atoms with E-state index in [0.29, 0.717) is 0 Å². The van der Waals surface area contributed by atoms with Gasteiger partial charge in [-0.2, -0.15) is 11.8 Å². The third-order valence-electron chi connectivity index (χ3n) is 3.17. The molecule has 1 aromatic carbocycles. The van der Waals surface area contributed by atoms with Crippen molar-refractivity contribution in [3.63, 3.8) is 0 Å². The SMILES string of the molecule is CCSCc1cccc(N[C@H]2CCN(C)C2=O)c1. The predicted molar refractivity (Wildman–Crippen MR) is 77.9 cm³/mol. The zero-order valence-corrected chi connectivity index (χ0v) is 11.8. The highest BCUT2D eigenvalue weighted by Crippen LogP contribution is 2.19. The third kappa shape index (κ3) is 3.19. The zero-order chi connectivity index (χ0) is 13.0. The number of anilines is 1. The Bertz CT molecular complexity index is 422. The van der Waals surface area contributed by atoms with Crippen molar-refractivity contribution < 1.29 is 4.79 Å². The van der Waals surface area contributed by atoms with E-state index in [4.69, 9.17) is 0 Å². The highest BCUT2D eigenvalue weighted by molar-refractivity contribution is 7.98. The zero-order valence-electron chi connectivity index (χ0n) is 11.0. The summed E-state index contributed by atoms with van der Waals surface area (Å²) in [6.45, 7) is 3.02. The van der Waals surface area contributed by atoms with Gasteiger partial charge in [0.05, 0.1) is 0 Å². The van der Waals surface area contributed by atoms with Crippen LogP contribution in [0.1, 0.15) is 18.9 Å². The summed E-state index contributed by atoms with van der Waals surface area (Å²) < 4.78 is 0. The van der Waals surface area contributed by atoms with Crippen molar-refractivity contribution >= 4 is 23.4 Å². The Balaban J connectivity index is 1.99. The van der Waals surface area contributed by atoms with Gasteiger partial charge < -0.3 is 10.2 Å². The topological polar surface area (TPSA) is 32.3 Å². The lowest BCUT2D eigenvalue weighted by Gasteiger charge is -2.14. The summed E-state index contributed by atoms with van der Waals surface area (Å²) in [5.41, 5.74) is 2.36. The van der Waals surface area contributed by atoms with E-state index in [2.05, 4.69) is 30.4 Å². The second-order valence-corrected chi connectivity index (χ2v) is 5.86. The van der Waals surface area contributed by atoms with Crippen molar-refractivity contribution in [3.8, 4) is 0 Å². The number of likely N-dealkylation sites (N-methyl/N-ethyl adjacent to an activating group) is 1. The summed E-state index contributed by atoms with van der Waals surface area (Å²) in [7, 11) is 1.86. The van der Waals surface area contributed by atoms with Gasteiger partial charge in [0.2, 0.25) is 5.91 Å². The summed E-state index contributed by atoms with van der Waals surface area (Å²) in [5, 5.41) is 3.34. The molecule has 1 aromatic rings. The van der Waals surface area contributed by atoms with Gasteiger partial charge in [-0.1, -0.05) is 19.1 Å². The lowest BCUT2D eigenvalue weighted by molar-refractivity contribution is -0.127. The molecular formula is C14H20N2OS. The van der Waals surface area contributed by atoms with E-state index in [0.717, 1.165) is 30.2 Å². The maximum Gasteiger partial charge on any atom is 0.244 e. The minimum absolute atomic E-state index is 0.0518. The fraction of sp³-hybridized carbons (Fsp3) is 0.500. The van der Waals surface area contributed by atoms with Crippen LogP contribution in [0.2, 0.25) is 0 Å². The third-order valence-corrected chi connectivity index (χ3v) is 4.11. The van der Waals surface area contributed by atoms with Gasteiger partial charge in [-0.15, -0.1) is 0 Å². The Morgan fingerprint density at radius 3 is 3.00 bits per heavy atom. The monoisotopic (exact) mass is 264 g/mol. The van der Waals surface area contributed by atoms with E-state index >= 15 is 0 Å². The van der Waals surface area contributed by atoms with Gasteiger partial charge in [0.25, 0.3) is 0 Å². The van der Waals surface area contributed by atoms with Crippen molar-refractivity contribution in [2.75, 3.05) is 24.7 Å². The van der Waals surface area contributed by atoms with Crippen molar-refractivity contribution in [1.82, 2.24) is 4.90 Å². The molecule has 0 bridgehead atoms. The van der Waals surface area contributed by atoms with Crippen LogP contribution in [0.3, 0.4) is 0 Å². The van der Waals surface area contributed by atoms with Gasteiger partial charge in [0.1, 0.15) is 6.04 Å². The second-order valence-electron chi connectivity index (χ2n) is 4.58. The summed E-state index contributed by atoms with van der Waals surface area (Å²) in [6.07, 6.45) is 0.892. The van der Waals surface area contributed by atoms with Crippen LogP contribution < -0.4 is 5.32 Å². The number of rotatable bonds is 5. The molecule has 1 saturated heterocycles. The van der Waals surface area contributed by atoms with Gasteiger partial charge in [0.15, 0.2) is 0 Å². The number of hydrogen-bond donors (Lipinski definition) is 1. The van der Waals surface area contributed by atoms with Gasteiger partial charge in [-0.3, -0.25) is 4.79 Å². The molecule has 0 aromatic heterocycles. The maximum absolute atomic E-state index is 11.8. The summed E-state index contributed by atoms with van der Waals surface area (Å²) >= 11 is 1.91. The molecule has 1 heterocycles. The molecule has 1 aliphatic heterocycles. The molecule has 4 heteroatoms. The molecular weight excluding hydrogens is 244 g/mol. The molecule has 0 aliphatic carbocycles. The summed E-state index contributed by atoms with van der Waals surface area (Å²) in [6, 6.07) is 8.32. The number of nitrogens with zero attached hydrogens (tertiary/aromatic N) is 1.